The lowest BCUT2D eigenvalue weighted by Crippen LogP contribution is -2.52. The first-order valence-corrected chi connectivity index (χ1v) is 26.7. The standard InChI is InChI=1S/C46H56N2O12S4/c1-29-17-21-33(22-18-29)63(49,50)47-35(37-39(53-25-31-13-9-7-10-14-31)41-43(55-37)59-45(3,4)57-41)27-61-62-28-36(48-64(51,52)34-23-19-30(2)20-24-34)38-40(54-26-32-15-11-8-12-16-32)42-44(56-38)60-46(5,6)58-42/h7-24,35-44,47-48H,25-28H2,1-6H3/t35-,36-,37+,38+,39-,40-,41+,42+,43+,44+/m0/s1. The molecule has 64 heavy (non-hydrogen) atoms. The largest absolute Gasteiger partial charge is 0.368 e. The van der Waals surface area contributed by atoms with Crippen molar-refractivity contribution in [2.45, 2.75) is 137 Å². The topological polar surface area (TPSA) is 166 Å². The first-order chi connectivity index (χ1) is 30.5. The summed E-state index contributed by atoms with van der Waals surface area (Å²) in [7, 11) is -5.45. The molecule has 0 bridgehead atoms. The van der Waals surface area contributed by atoms with Crippen molar-refractivity contribution in [2.75, 3.05) is 11.5 Å². The smallest absolute Gasteiger partial charge is 0.240 e. The van der Waals surface area contributed by atoms with E-state index < -0.39 is 92.9 Å². The van der Waals surface area contributed by atoms with E-state index in [9.17, 15) is 16.8 Å². The number of nitrogens with one attached hydrogen (secondary N) is 2. The number of benzene rings is 4. The molecule has 0 aliphatic carbocycles. The van der Waals surface area contributed by atoms with E-state index in [0.717, 1.165) is 22.3 Å². The highest BCUT2D eigenvalue weighted by atomic mass is 33.1. The summed E-state index contributed by atoms with van der Waals surface area (Å²) in [6.07, 6.45) is -6.05. The molecule has 0 radical (unpaired) electrons. The van der Waals surface area contributed by atoms with Crippen LogP contribution in [0.4, 0.5) is 0 Å². The summed E-state index contributed by atoms with van der Waals surface area (Å²) in [4.78, 5) is 0.191. The Balaban J connectivity index is 1.05. The van der Waals surface area contributed by atoms with Gasteiger partial charge in [0, 0.05) is 11.5 Å². The Morgan fingerprint density at radius 3 is 1.27 bits per heavy atom. The SMILES string of the molecule is Cc1ccc(S(=O)(=O)N[C@@H](CSSC[C@H](NS(=O)(=O)c2ccc(C)cc2)[C@H]2O[C@@H]3OC(C)(C)O[C@@H]3[C@H]2OCc2ccccc2)[C@H]2O[C@@H]3OC(C)(C)O[C@@H]3[C@H]2OCc2ccccc2)cc1. The number of sulfonamides is 2. The molecule has 0 amide bonds. The molecule has 0 unspecified atom stereocenters. The van der Waals surface area contributed by atoms with Crippen molar-refractivity contribution >= 4 is 41.6 Å². The summed E-state index contributed by atoms with van der Waals surface area (Å²) in [6, 6.07) is 30.8. The molecule has 4 fully saturated rings. The second-order valence-electron chi connectivity index (χ2n) is 17.3. The molecule has 4 aromatic carbocycles. The molecule has 14 nitrogen and oxygen atoms in total. The van der Waals surface area contributed by atoms with E-state index in [0.29, 0.717) is 0 Å². The number of hydrogen-bond acceptors (Lipinski definition) is 14. The monoisotopic (exact) mass is 956 g/mol. The maximum absolute atomic E-state index is 14.1. The minimum absolute atomic E-state index is 0.0954. The van der Waals surface area contributed by atoms with Crippen LogP contribution in [0.5, 0.6) is 0 Å². The van der Waals surface area contributed by atoms with Gasteiger partial charge in [-0.25, -0.2) is 26.3 Å². The zero-order chi connectivity index (χ0) is 45.3. The van der Waals surface area contributed by atoms with Crippen LogP contribution in [0.15, 0.2) is 119 Å². The highest BCUT2D eigenvalue weighted by Crippen LogP contribution is 2.43. The van der Waals surface area contributed by atoms with Gasteiger partial charge in [-0.3, -0.25) is 0 Å². The summed E-state index contributed by atoms with van der Waals surface area (Å²) in [5.41, 5.74) is 3.68. The molecule has 18 heteroatoms. The quantitative estimate of drug-likeness (QED) is 0.0763. The van der Waals surface area contributed by atoms with Crippen LogP contribution in [0, 0.1) is 13.8 Å². The van der Waals surface area contributed by atoms with Crippen molar-refractivity contribution in [3.05, 3.63) is 131 Å². The van der Waals surface area contributed by atoms with Crippen molar-refractivity contribution in [3.8, 4) is 0 Å². The number of fused-ring (bicyclic) bond motifs is 2. The van der Waals surface area contributed by atoms with Gasteiger partial charge < -0.3 is 37.9 Å². The van der Waals surface area contributed by atoms with Gasteiger partial charge in [0.2, 0.25) is 20.0 Å². The maximum Gasteiger partial charge on any atom is 0.240 e. The van der Waals surface area contributed by atoms with Crippen LogP contribution in [0.2, 0.25) is 0 Å². The van der Waals surface area contributed by atoms with E-state index in [1.165, 1.54) is 21.6 Å². The van der Waals surface area contributed by atoms with Crippen molar-refractivity contribution in [2.24, 2.45) is 0 Å². The summed E-state index contributed by atoms with van der Waals surface area (Å²) < 4.78 is 113. The van der Waals surface area contributed by atoms with Gasteiger partial charge in [-0.2, -0.15) is 0 Å². The minimum Gasteiger partial charge on any atom is -0.368 e. The first-order valence-electron chi connectivity index (χ1n) is 21.2. The van der Waals surface area contributed by atoms with Gasteiger partial charge in [0.25, 0.3) is 0 Å². The molecule has 0 saturated carbocycles. The molecule has 346 valence electrons. The number of hydrogen-bond donors (Lipinski definition) is 2. The molecular weight excluding hydrogens is 901 g/mol. The Labute approximate surface area is 384 Å². The zero-order valence-corrected chi connectivity index (χ0v) is 39.8. The van der Waals surface area contributed by atoms with Crippen LogP contribution in [0.1, 0.15) is 49.9 Å². The Bertz CT molecular complexity index is 2230. The van der Waals surface area contributed by atoms with Gasteiger partial charge in [-0.15, -0.1) is 0 Å². The minimum atomic E-state index is -4.08. The fraction of sp³-hybridized carbons (Fsp3) is 0.478. The molecule has 4 saturated heterocycles. The van der Waals surface area contributed by atoms with Crippen LogP contribution >= 0.6 is 21.6 Å². The second-order valence-corrected chi connectivity index (χ2v) is 23.3. The average molecular weight is 957 g/mol. The van der Waals surface area contributed by atoms with Crippen LogP contribution in [-0.4, -0.2) is 101 Å². The third-order valence-corrected chi connectivity index (χ3v) is 16.8. The summed E-state index contributed by atoms with van der Waals surface area (Å²) in [5.74, 6) is -1.55. The highest BCUT2D eigenvalue weighted by molar-refractivity contribution is 8.76. The first kappa shape index (κ1) is 47.6. The van der Waals surface area contributed by atoms with Gasteiger partial charge in [0.05, 0.1) is 35.1 Å². The highest BCUT2D eigenvalue weighted by Gasteiger charge is 2.59. The van der Waals surface area contributed by atoms with Crippen LogP contribution in [0.25, 0.3) is 0 Å². The molecule has 0 spiro atoms. The van der Waals surface area contributed by atoms with E-state index in [-0.39, 0.29) is 34.5 Å². The second kappa shape index (κ2) is 19.7. The van der Waals surface area contributed by atoms with Crippen LogP contribution in [-0.2, 0) is 71.2 Å². The Kier molecular flexibility index (Phi) is 14.7. The summed E-state index contributed by atoms with van der Waals surface area (Å²) >= 11 is 0. The molecule has 4 aliphatic rings. The lowest BCUT2D eigenvalue weighted by Gasteiger charge is -2.32. The maximum atomic E-state index is 14.1. The van der Waals surface area contributed by atoms with E-state index in [1.807, 2.05) is 74.5 Å². The predicted octanol–water partition coefficient (Wildman–Crippen LogP) is 6.60. The van der Waals surface area contributed by atoms with E-state index in [2.05, 4.69) is 9.44 Å². The summed E-state index contributed by atoms with van der Waals surface area (Å²) in [6.45, 7) is 11.4. The predicted molar refractivity (Wildman–Crippen MR) is 243 cm³/mol. The average Bonchev–Trinajstić information content (AvgIpc) is 3.95. The number of rotatable bonds is 19. The number of ether oxygens (including phenoxy) is 8. The third-order valence-electron chi connectivity index (χ3n) is 11.3. The van der Waals surface area contributed by atoms with Gasteiger partial charge in [-0.05, 0) is 76.9 Å². The Morgan fingerprint density at radius 1 is 0.547 bits per heavy atom. The van der Waals surface area contributed by atoms with E-state index in [4.69, 9.17) is 37.9 Å². The van der Waals surface area contributed by atoms with Crippen molar-refractivity contribution < 1.29 is 54.7 Å². The molecule has 2 N–H and O–H groups in total. The van der Waals surface area contributed by atoms with Crippen LogP contribution < -0.4 is 9.44 Å². The molecule has 4 aliphatic heterocycles. The molecule has 4 aromatic rings. The van der Waals surface area contributed by atoms with Crippen molar-refractivity contribution in [3.63, 3.8) is 0 Å². The fourth-order valence-electron chi connectivity index (χ4n) is 8.17. The Hall–Kier alpha value is -2.92. The lowest BCUT2D eigenvalue weighted by atomic mass is 10.1. The summed E-state index contributed by atoms with van der Waals surface area (Å²) in [5, 5.41) is 0. The van der Waals surface area contributed by atoms with Gasteiger partial charge >= 0.3 is 0 Å². The molecule has 10 atom stereocenters. The van der Waals surface area contributed by atoms with Gasteiger partial charge in [0.1, 0.15) is 36.6 Å². The van der Waals surface area contributed by atoms with Gasteiger partial charge in [0.15, 0.2) is 24.2 Å². The third kappa shape index (κ3) is 11.4. The van der Waals surface area contributed by atoms with E-state index >= 15 is 0 Å². The van der Waals surface area contributed by atoms with Crippen molar-refractivity contribution in [1.82, 2.24) is 9.44 Å². The lowest BCUT2D eigenvalue weighted by molar-refractivity contribution is -0.221. The fourth-order valence-corrected chi connectivity index (χ4v) is 13.4. The molecule has 0 aromatic heterocycles. The molecular formula is C46H56N2O12S4. The molecule has 8 rings (SSSR count). The normalized spacial score (nSPS) is 28.2. The van der Waals surface area contributed by atoms with Gasteiger partial charge in [-0.1, -0.05) is 118 Å². The molecule has 4 heterocycles. The van der Waals surface area contributed by atoms with E-state index in [1.54, 1.807) is 76.2 Å². The van der Waals surface area contributed by atoms with Crippen LogP contribution in [0.3, 0.4) is 0 Å². The number of aryl methyl sites for hydroxylation is 2. The zero-order valence-electron chi connectivity index (χ0n) is 36.5. The van der Waals surface area contributed by atoms with Crippen molar-refractivity contribution in [1.29, 1.82) is 0 Å². The Morgan fingerprint density at radius 2 is 0.906 bits per heavy atom.